The van der Waals surface area contributed by atoms with E-state index in [1.54, 1.807) is 36.4 Å². The molecular formula is C15H14Cl2FNO. The maximum atomic E-state index is 14.1. The SMILES string of the molecule is COc1cccc(CC(N)c2cc(Cl)ccc2Cl)c1F. The van der Waals surface area contributed by atoms with Gasteiger partial charge in [0, 0.05) is 16.1 Å². The Labute approximate surface area is 127 Å². The van der Waals surface area contributed by atoms with Gasteiger partial charge in [0.15, 0.2) is 11.6 Å². The maximum Gasteiger partial charge on any atom is 0.168 e. The van der Waals surface area contributed by atoms with Crippen LogP contribution in [0.25, 0.3) is 0 Å². The third-order valence-corrected chi connectivity index (χ3v) is 3.64. The molecule has 0 aromatic heterocycles. The molecule has 0 spiro atoms. The van der Waals surface area contributed by atoms with Crippen LogP contribution in [0.1, 0.15) is 17.2 Å². The van der Waals surface area contributed by atoms with Crippen molar-refractivity contribution in [3.63, 3.8) is 0 Å². The molecule has 0 aliphatic rings. The second kappa shape index (κ2) is 6.44. The predicted molar refractivity (Wildman–Crippen MR) is 80.0 cm³/mol. The van der Waals surface area contributed by atoms with Crippen molar-refractivity contribution in [3.05, 3.63) is 63.4 Å². The van der Waals surface area contributed by atoms with Crippen LogP contribution in [0.4, 0.5) is 4.39 Å². The van der Waals surface area contributed by atoms with Crippen LogP contribution in [0.15, 0.2) is 36.4 Å². The summed E-state index contributed by atoms with van der Waals surface area (Å²) < 4.78 is 19.0. The Balaban J connectivity index is 2.28. The van der Waals surface area contributed by atoms with Crippen LogP contribution in [-0.2, 0) is 6.42 Å². The molecular weight excluding hydrogens is 300 g/mol. The Morgan fingerprint density at radius 2 is 2.00 bits per heavy atom. The number of ether oxygens (including phenoxy) is 1. The van der Waals surface area contributed by atoms with Gasteiger partial charge < -0.3 is 10.5 Å². The Bertz CT molecular complexity index is 619. The van der Waals surface area contributed by atoms with Crippen LogP contribution in [0, 0.1) is 5.82 Å². The Kier molecular flexibility index (Phi) is 4.86. The molecule has 1 unspecified atom stereocenters. The lowest BCUT2D eigenvalue weighted by molar-refractivity contribution is 0.383. The molecule has 0 saturated carbocycles. The number of nitrogens with two attached hydrogens (primary N) is 1. The van der Waals surface area contributed by atoms with E-state index in [0.29, 0.717) is 27.6 Å². The number of halogens is 3. The van der Waals surface area contributed by atoms with Gasteiger partial charge in [0.2, 0.25) is 0 Å². The van der Waals surface area contributed by atoms with Crippen LogP contribution < -0.4 is 10.5 Å². The first-order chi connectivity index (χ1) is 9.52. The molecule has 1 atom stereocenters. The van der Waals surface area contributed by atoms with Gasteiger partial charge in [-0.3, -0.25) is 0 Å². The first-order valence-electron chi connectivity index (χ1n) is 6.05. The summed E-state index contributed by atoms with van der Waals surface area (Å²) in [5.74, 6) is -0.199. The molecule has 20 heavy (non-hydrogen) atoms. The molecule has 0 aliphatic heterocycles. The van der Waals surface area contributed by atoms with Crippen molar-refractivity contribution in [2.45, 2.75) is 12.5 Å². The topological polar surface area (TPSA) is 35.2 Å². The summed E-state index contributed by atoms with van der Waals surface area (Å²) in [5, 5.41) is 1.07. The van der Waals surface area contributed by atoms with Crippen molar-refractivity contribution >= 4 is 23.2 Å². The Morgan fingerprint density at radius 1 is 1.25 bits per heavy atom. The van der Waals surface area contributed by atoms with E-state index in [0.717, 1.165) is 0 Å². The summed E-state index contributed by atoms with van der Waals surface area (Å²) >= 11 is 12.0. The predicted octanol–water partition coefficient (Wildman–Crippen LogP) is 4.38. The van der Waals surface area contributed by atoms with Gasteiger partial charge in [0.1, 0.15) is 0 Å². The average molecular weight is 314 g/mol. The number of methoxy groups -OCH3 is 1. The zero-order valence-corrected chi connectivity index (χ0v) is 12.4. The molecule has 2 aromatic rings. The fourth-order valence-electron chi connectivity index (χ4n) is 2.02. The first kappa shape index (κ1) is 15.1. The van der Waals surface area contributed by atoms with E-state index in [1.807, 2.05) is 0 Å². The van der Waals surface area contributed by atoms with Gasteiger partial charge in [-0.05, 0) is 41.8 Å². The van der Waals surface area contributed by atoms with Crippen LogP contribution in [0.3, 0.4) is 0 Å². The monoisotopic (exact) mass is 313 g/mol. The van der Waals surface area contributed by atoms with Gasteiger partial charge in [0.05, 0.1) is 7.11 Å². The minimum absolute atomic E-state index is 0.201. The Hall–Kier alpha value is -1.29. The quantitative estimate of drug-likeness (QED) is 0.909. The minimum atomic E-state index is -0.442. The van der Waals surface area contributed by atoms with Crippen molar-refractivity contribution < 1.29 is 9.13 Å². The summed E-state index contributed by atoms with van der Waals surface area (Å²) in [6, 6.07) is 9.60. The van der Waals surface area contributed by atoms with Gasteiger partial charge in [-0.1, -0.05) is 35.3 Å². The lowest BCUT2D eigenvalue weighted by Gasteiger charge is -2.15. The number of rotatable bonds is 4. The lowest BCUT2D eigenvalue weighted by Crippen LogP contribution is -2.15. The highest BCUT2D eigenvalue weighted by molar-refractivity contribution is 6.33. The van der Waals surface area contributed by atoms with Crippen molar-refractivity contribution in [1.82, 2.24) is 0 Å². The van der Waals surface area contributed by atoms with Crippen LogP contribution in [-0.4, -0.2) is 7.11 Å². The number of hydrogen-bond acceptors (Lipinski definition) is 2. The highest BCUT2D eigenvalue weighted by atomic mass is 35.5. The second-order valence-corrected chi connectivity index (χ2v) is 5.25. The number of hydrogen-bond donors (Lipinski definition) is 1. The third-order valence-electron chi connectivity index (χ3n) is 3.06. The van der Waals surface area contributed by atoms with Gasteiger partial charge in [-0.2, -0.15) is 0 Å². The molecule has 2 N–H and O–H groups in total. The molecule has 2 nitrogen and oxygen atoms in total. The zero-order valence-electron chi connectivity index (χ0n) is 10.9. The summed E-state index contributed by atoms with van der Waals surface area (Å²) in [4.78, 5) is 0. The van der Waals surface area contributed by atoms with Crippen LogP contribution >= 0.6 is 23.2 Å². The first-order valence-corrected chi connectivity index (χ1v) is 6.80. The van der Waals surface area contributed by atoms with E-state index in [2.05, 4.69) is 0 Å². The standard InChI is InChI=1S/C15H14Cl2FNO/c1-20-14-4-2-3-9(15(14)18)7-13(19)11-8-10(16)5-6-12(11)17/h2-6,8,13H,7,19H2,1H3. The molecule has 0 bridgehead atoms. The average Bonchev–Trinajstić information content (AvgIpc) is 2.43. The van der Waals surface area contributed by atoms with Crippen LogP contribution in [0.5, 0.6) is 5.75 Å². The summed E-state index contributed by atoms with van der Waals surface area (Å²) in [6.07, 6.45) is 0.309. The molecule has 5 heteroatoms. The Morgan fingerprint density at radius 3 is 2.70 bits per heavy atom. The van der Waals surface area contributed by atoms with Gasteiger partial charge in [-0.15, -0.1) is 0 Å². The fraction of sp³-hybridized carbons (Fsp3) is 0.200. The van der Waals surface area contributed by atoms with Crippen LogP contribution in [0.2, 0.25) is 10.0 Å². The van der Waals surface area contributed by atoms with Crippen molar-refractivity contribution in [3.8, 4) is 5.75 Å². The van der Waals surface area contributed by atoms with Crippen molar-refractivity contribution in [2.24, 2.45) is 5.73 Å². The molecule has 0 aliphatic carbocycles. The van der Waals surface area contributed by atoms with Gasteiger partial charge >= 0.3 is 0 Å². The molecule has 2 rings (SSSR count). The molecule has 0 radical (unpaired) electrons. The third kappa shape index (κ3) is 3.23. The molecule has 0 saturated heterocycles. The molecule has 0 heterocycles. The van der Waals surface area contributed by atoms with E-state index >= 15 is 0 Å². The fourth-order valence-corrected chi connectivity index (χ4v) is 2.46. The molecule has 0 amide bonds. The summed E-state index contributed by atoms with van der Waals surface area (Å²) in [5.41, 5.74) is 7.28. The smallest absolute Gasteiger partial charge is 0.168 e. The highest BCUT2D eigenvalue weighted by Gasteiger charge is 2.15. The van der Waals surface area contributed by atoms with E-state index < -0.39 is 11.9 Å². The van der Waals surface area contributed by atoms with Crippen molar-refractivity contribution in [2.75, 3.05) is 7.11 Å². The van der Waals surface area contributed by atoms with Crippen molar-refractivity contribution in [1.29, 1.82) is 0 Å². The van der Waals surface area contributed by atoms with E-state index in [1.165, 1.54) is 7.11 Å². The minimum Gasteiger partial charge on any atom is -0.494 e. The maximum absolute atomic E-state index is 14.1. The number of benzene rings is 2. The van der Waals surface area contributed by atoms with Gasteiger partial charge in [-0.25, -0.2) is 4.39 Å². The summed E-state index contributed by atoms with van der Waals surface area (Å²) in [7, 11) is 1.43. The lowest BCUT2D eigenvalue weighted by atomic mass is 9.99. The molecule has 2 aromatic carbocycles. The van der Waals surface area contributed by atoms with E-state index in [9.17, 15) is 4.39 Å². The van der Waals surface area contributed by atoms with Gasteiger partial charge in [0.25, 0.3) is 0 Å². The largest absolute Gasteiger partial charge is 0.494 e. The summed E-state index contributed by atoms with van der Waals surface area (Å²) in [6.45, 7) is 0. The van der Waals surface area contributed by atoms with E-state index in [-0.39, 0.29) is 5.75 Å². The normalized spacial score (nSPS) is 12.2. The second-order valence-electron chi connectivity index (χ2n) is 4.41. The zero-order chi connectivity index (χ0) is 14.7. The van der Waals surface area contributed by atoms with E-state index in [4.69, 9.17) is 33.7 Å². The highest BCUT2D eigenvalue weighted by Crippen LogP contribution is 2.29. The molecule has 0 fully saturated rings. The molecule has 106 valence electrons.